The van der Waals surface area contributed by atoms with Crippen molar-refractivity contribution < 1.29 is 0 Å². The molecule has 1 aliphatic rings. The van der Waals surface area contributed by atoms with E-state index in [0.29, 0.717) is 5.41 Å². The predicted molar refractivity (Wildman–Crippen MR) is 68.2 cm³/mol. The number of hydrogen-bond donors (Lipinski definition) is 1. The fraction of sp³-hybridized carbons (Fsp3) is 0.538. The van der Waals surface area contributed by atoms with Crippen LogP contribution in [0.15, 0.2) is 18.2 Å². The van der Waals surface area contributed by atoms with Crippen molar-refractivity contribution in [3.05, 3.63) is 23.9 Å². The van der Waals surface area contributed by atoms with Crippen LogP contribution in [-0.2, 0) is 0 Å². The van der Waals surface area contributed by atoms with Gasteiger partial charge in [0.05, 0.1) is 0 Å². The van der Waals surface area contributed by atoms with Gasteiger partial charge in [-0.25, -0.2) is 4.52 Å². The molecule has 1 aliphatic carbocycles. The molecule has 2 aromatic heterocycles. The summed E-state index contributed by atoms with van der Waals surface area (Å²) in [6.07, 6.45) is 3.91. The number of aromatic nitrogens is 3. The van der Waals surface area contributed by atoms with Crippen LogP contribution in [0.2, 0.25) is 0 Å². The Morgan fingerprint density at radius 3 is 2.88 bits per heavy atom. The van der Waals surface area contributed by atoms with E-state index in [1.165, 1.54) is 19.3 Å². The van der Waals surface area contributed by atoms with Crippen LogP contribution in [0.3, 0.4) is 0 Å². The normalized spacial score (nSPS) is 17.3. The second-order valence-electron chi connectivity index (χ2n) is 5.08. The van der Waals surface area contributed by atoms with Gasteiger partial charge in [0.15, 0.2) is 5.65 Å². The van der Waals surface area contributed by atoms with Gasteiger partial charge in [0.1, 0.15) is 0 Å². The highest BCUT2D eigenvalue weighted by Crippen LogP contribution is 2.48. The van der Waals surface area contributed by atoms with Crippen molar-refractivity contribution in [3.8, 4) is 0 Å². The molecule has 17 heavy (non-hydrogen) atoms. The second kappa shape index (κ2) is 3.72. The van der Waals surface area contributed by atoms with Crippen molar-refractivity contribution in [2.45, 2.75) is 33.1 Å². The van der Waals surface area contributed by atoms with E-state index in [9.17, 15) is 0 Å². The lowest BCUT2D eigenvalue weighted by atomic mass is 10.0. The summed E-state index contributed by atoms with van der Waals surface area (Å²) < 4.78 is 1.88. The Labute approximate surface area is 101 Å². The molecule has 0 unspecified atom stereocenters. The fourth-order valence-electron chi connectivity index (χ4n) is 2.21. The first-order chi connectivity index (χ1) is 8.22. The SMILES string of the molecule is CCC1(CNc2nc3cccc(C)n3n2)CC1. The van der Waals surface area contributed by atoms with E-state index >= 15 is 0 Å². The molecule has 3 rings (SSSR count). The van der Waals surface area contributed by atoms with Gasteiger partial charge in [-0.05, 0) is 43.7 Å². The van der Waals surface area contributed by atoms with Crippen LogP contribution in [0.4, 0.5) is 5.95 Å². The highest BCUT2D eigenvalue weighted by Gasteiger charge is 2.40. The monoisotopic (exact) mass is 230 g/mol. The van der Waals surface area contributed by atoms with Crippen LogP contribution in [0.25, 0.3) is 5.65 Å². The summed E-state index contributed by atoms with van der Waals surface area (Å²) in [5, 5.41) is 7.84. The molecule has 0 aliphatic heterocycles. The Balaban J connectivity index is 1.79. The largest absolute Gasteiger partial charge is 0.352 e. The van der Waals surface area contributed by atoms with Crippen molar-refractivity contribution in [1.29, 1.82) is 0 Å². The van der Waals surface area contributed by atoms with Gasteiger partial charge in [0, 0.05) is 12.2 Å². The second-order valence-corrected chi connectivity index (χ2v) is 5.08. The zero-order valence-electron chi connectivity index (χ0n) is 10.4. The average molecular weight is 230 g/mol. The molecule has 0 radical (unpaired) electrons. The molecule has 2 aromatic rings. The van der Waals surface area contributed by atoms with Crippen molar-refractivity contribution in [1.82, 2.24) is 14.6 Å². The zero-order valence-corrected chi connectivity index (χ0v) is 10.4. The Kier molecular flexibility index (Phi) is 2.31. The maximum absolute atomic E-state index is 4.48. The molecule has 1 saturated carbocycles. The maximum atomic E-state index is 4.48. The van der Waals surface area contributed by atoms with Crippen LogP contribution in [0, 0.1) is 12.3 Å². The van der Waals surface area contributed by atoms with Crippen molar-refractivity contribution in [3.63, 3.8) is 0 Å². The van der Waals surface area contributed by atoms with E-state index in [4.69, 9.17) is 0 Å². The Hall–Kier alpha value is -1.58. The van der Waals surface area contributed by atoms with Crippen molar-refractivity contribution in [2.24, 2.45) is 5.41 Å². The minimum Gasteiger partial charge on any atom is -0.352 e. The number of rotatable bonds is 4. The minimum absolute atomic E-state index is 0.520. The summed E-state index contributed by atoms with van der Waals surface area (Å²) in [6, 6.07) is 6.04. The fourth-order valence-corrected chi connectivity index (χ4v) is 2.21. The summed E-state index contributed by atoms with van der Waals surface area (Å²) in [7, 11) is 0. The first-order valence-electron chi connectivity index (χ1n) is 6.29. The molecule has 4 heteroatoms. The number of hydrogen-bond acceptors (Lipinski definition) is 3. The predicted octanol–water partition coefficient (Wildman–Crippen LogP) is 2.64. The van der Waals surface area contributed by atoms with Gasteiger partial charge in [-0.3, -0.25) is 0 Å². The molecular formula is C13H18N4. The molecule has 1 N–H and O–H groups in total. The number of nitrogens with zero attached hydrogens (tertiary/aromatic N) is 3. The quantitative estimate of drug-likeness (QED) is 0.878. The highest BCUT2D eigenvalue weighted by atomic mass is 15.4. The molecule has 0 amide bonds. The number of anilines is 1. The molecule has 0 bridgehead atoms. The third-order valence-electron chi connectivity index (χ3n) is 3.88. The van der Waals surface area contributed by atoms with Gasteiger partial charge in [-0.2, -0.15) is 4.98 Å². The first kappa shape index (κ1) is 10.6. The minimum atomic E-state index is 0.520. The van der Waals surface area contributed by atoms with Gasteiger partial charge in [0.2, 0.25) is 5.95 Å². The molecule has 4 nitrogen and oxygen atoms in total. The lowest BCUT2D eigenvalue weighted by Crippen LogP contribution is -2.15. The summed E-state index contributed by atoms with van der Waals surface area (Å²) in [5.74, 6) is 0.749. The molecule has 2 heterocycles. The number of nitrogens with one attached hydrogen (secondary N) is 1. The third kappa shape index (κ3) is 1.88. The lowest BCUT2D eigenvalue weighted by Gasteiger charge is -2.11. The van der Waals surface area contributed by atoms with E-state index in [-0.39, 0.29) is 0 Å². The van der Waals surface area contributed by atoms with Crippen LogP contribution < -0.4 is 5.32 Å². The standard InChI is InChI=1S/C13H18N4/c1-3-13(7-8-13)9-14-12-15-11-6-4-5-10(2)17(11)16-12/h4-6H,3,7-9H2,1-2H3,(H,14,16). The number of pyridine rings is 1. The molecule has 90 valence electrons. The van der Waals surface area contributed by atoms with Crippen LogP contribution in [-0.4, -0.2) is 21.1 Å². The van der Waals surface area contributed by atoms with E-state index in [0.717, 1.165) is 23.8 Å². The molecular weight excluding hydrogens is 212 g/mol. The van der Waals surface area contributed by atoms with Gasteiger partial charge in [-0.15, -0.1) is 5.10 Å². The van der Waals surface area contributed by atoms with Crippen LogP contribution >= 0.6 is 0 Å². The number of fused-ring (bicyclic) bond motifs is 1. The first-order valence-corrected chi connectivity index (χ1v) is 6.29. The van der Waals surface area contributed by atoms with Gasteiger partial charge < -0.3 is 5.32 Å². The lowest BCUT2D eigenvalue weighted by molar-refractivity contribution is 0.520. The zero-order chi connectivity index (χ0) is 11.9. The maximum Gasteiger partial charge on any atom is 0.243 e. The van der Waals surface area contributed by atoms with E-state index in [1.54, 1.807) is 0 Å². The van der Waals surface area contributed by atoms with Crippen LogP contribution in [0.5, 0.6) is 0 Å². The smallest absolute Gasteiger partial charge is 0.243 e. The van der Waals surface area contributed by atoms with Gasteiger partial charge in [-0.1, -0.05) is 13.0 Å². The summed E-state index contributed by atoms with van der Waals surface area (Å²) >= 11 is 0. The molecule has 0 aromatic carbocycles. The Morgan fingerprint density at radius 2 is 2.24 bits per heavy atom. The summed E-state index contributed by atoms with van der Waals surface area (Å²) in [6.45, 7) is 5.30. The summed E-state index contributed by atoms with van der Waals surface area (Å²) in [4.78, 5) is 4.48. The van der Waals surface area contributed by atoms with Crippen LogP contribution in [0.1, 0.15) is 31.9 Å². The molecule has 0 saturated heterocycles. The molecule has 0 atom stereocenters. The summed E-state index contributed by atoms with van der Waals surface area (Å²) in [5.41, 5.74) is 2.54. The molecule has 1 fully saturated rings. The van der Waals surface area contributed by atoms with Crippen molar-refractivity contribution in [2.75, 3.05) is 11.9 Å². The molecule has 0 spiro atoms. The third-order valence-corrected chi connectivity index (χ3v) is 3.88. The van der Waals surface area contributed by atoms with E-state index < -0.39 is 0 Å². The van der Waals surface area contributed by atoms with Gasteiger partial charge in [0.25, 0.3) is 0 Å². The number of aryl methyl sites for hydroxylation is 1. The Morgan fingerprint density at radius 1 is 1.41 bits per heavy atom. The topological polar surface area (TPSA) is 42.2 Å². The average Bonchev–Trinajstić information content (AvgIpc) is 3.00. The van der Waals surface area contributed by atoms with E-state index in [2.05, 4.69) is 22.3 Å². The van der Waals surface area contributed by atoms with Crippen molar-refractivity contribution >= 4 is 11.6 Å². The Bertz CT molecular complexity index is 539. The van der Waals surface area contributed by atoms with E-state index in [1.807, 2.05) is 29.6 Å². The highest BCUT2D eigenvalue weighted by molar-refractivity contribution is 5.44. The van der Waals surface area contributed by atoms with Gasteiger partial charge >= 0.3 is 0 Å².